The van der Waals surface area contributed by atoms with Gasteiger partial charge in [0, 0.05) is 25.2 Å². The molecule has 1 amide bonds. The van der Waals surface area contributed by atoms with Gasteiger partial charge in [-0.1, -0.05) is 12.8 Å². The number of amides is 1. The van der Waals surface area contributed by atoms with Gasteiger partial charge in [-0.15, -0.1) is 24.0 Å². The number of guanidine groups is 1. The Labute approximate surface area is 176 Å². The van der Waals surface area contributed by atoms with Crippen LogP contribution < -0.4 is 11.1 Å². The summed E-state index contributed by atoms with van der Waals surface area (Å²) in [4.78, 5) is 21.2. The summed E-state index contributed by atoms with van der Waals surface area (Å²) in [5.41, 5.74) is 6.04. The third-order valence-corrected chi connectivity index (χ3v) is 5.03. The smallest absolute Gasteiger partial charge is 0.234 e. The molecular weight excluding hydrogens is 441 g/mol. The molecule has 6 nitrogen and oxygen atoms in total. The van der Waals surface area contributed by atoms with Gasteiger partial charge in [-0.3, -0.25) is 14.7 Å². The zero-order chi connectivity index (χ0) is 18.3. The lowest BCUT2D eigenvalue weighted by molar-refractivity contribution is -0.124. The van der Waals surface area contributed by atoms with Crippen molar-refractivity contribution in [2.45, 2.75) is 64.8 Å². The van der Waals surface area contributed by atoms with Gasteiger partial charge in [0.1, 0.15) is 0 Å². The van der Waals surface area contributed by atoms with Crippen molar-refractivity contribution in [3.05, 3.63) is 0 Å². The van der Waals surface area contributed by atoms with Crippen molar-refractivity contribution in [3.63, 3.8) is 0 Å². The predicted molar refractivity (Wildman–Crippen MR) is 119 cm³/mol. The molecule has 2 heterocycles. The minimum Gasteiger partial charge on any atom is -0.370 e. The highest BCUT2D eigenvalue weighted by molar-refractivity contribution is 14.0. The van der Waals surface area contributed by atoms with Crippen molar-refractivity contribution < 1.29 is 4.79 Å². The number of nitrogens with two attached hydrogens (primary N) is 1. The van der Waals surface area contributed by atoms with Crippen LogP contribution in [0, 0.1) is 5.92 Å². The van der Waals surface area contributed by atoms with Gasteiger partial charge >= 0.3 is 0 Å². The fourth-order valence-electron chi connectivity index (χ4n) is 3.61. The number of halogens is 1. The van der Waals surface area contributed by atoms with Crippen LogP contribution in [-0.2, 0) is 4.79 Å². The highest BCUT2D eigenvalue weighted by atomic mass is 127. The third kappa shape index (κ3) is 8.88. The van der Waals surface area contributed by atoms with E-state index in [1.54, 1.807) is 0 Å². The van der Waals surface area contributed by atoms with E-state index in [1.807, 2.05) is 20.8 Å². The Hall–Kier alpha value is -0.570. The zero-order valence-electron chi connectivity index (χ0n) is 16.8. The van der Waals surface area contributed by atoms with Crippen LogP contribution in [0.15, 0.2) is 4.99 Å². The average molecular weight is 479 g/mol. The van der Waals surface area contributed by atoms with Crippen LogP contribution in [0.1, 0.15) is 59.3 Å². The fraction of sp³-hybridized carbons (Fsp3) is 0.895. The fourth-order valence-corrected chi connectivity index (χ4v) is 3.61. The Morgan fingerprint density at radius 1 is 1.08 bits per heavy atom. The number of likely N-dealkylation sites (tertiary alicyclic amines) is 2. The van der Waals surface area contributed by atoms with Gasteiger partial charge in [0.15, 0.2) is 5.96 Å². The normalized spacial score (nSPS) is 21.0. The summed E-state index contributed by atoms with van der Waals surface area (Å²) in [6.07, 6.45) is 7.27. The molecule has 2 aliphatic rings. The molecule has 0 atom stereocenters. The molecule has 2 aliphatic heterocycles. The molecule has 26 heavy (non-hydrogen) atoms. The number of nitrogens with one attached hydrogen (secondary N) is 1. The maximum atomic E-state index is 12.0. The van der Waals surface area contributed by atoms with Crippen molar-refractivity contribution >= 4 is 35.8 Å². The predicted octanol–water partition coefficient (Wildman–Crippen LogP) is 2.42. The van der Waals surface area contributed by atoms with E-state index in [2.05, 4.69) is 20.1 Å². The van der Waals surface area contributed by atoms with Gasteiger partial charge in [-0.2, -0.15) is 0 Å². The molecule has 152 valence electrons. The van der Waals surface area contributed by atoms with Crippen molar-refractivity contribution in [2.75, 3.05) is 39.3 Å². The monoisotopic (exact) mass is 479 g/mol. The summed E-state index contributed by atoms with van der Waals surface area (Å²) < 4.78 is 0. The van der Waals surface area contributed by atoms with Crippen LogP contribution in [0.25, 0.3) is 0 Å². The maximum absolute atomic E-state index is 12.0. The van der Waals surface area contributed by atoms with Crippen LogP contribution >= 0.6 is 24.0 Å². The van der Waals surface area contributed by atoms with Gasteiger partial charge in [0.05, 0.1) is 6.54 Å². The Kier molecular flexibility index (Phi) is 10.2. The molecule has 2 fully saturated rings. The Morgan fingerprint density at radius 2 is 1.65 bits per heavy atom. The number of carbonyl (C=O) groups is 1. The molecule has 2 rings (SSSR count). The second-order valence-corrected chi connectivity index (χ2v) is 8.62. The van der Waals surface area contributed by atoms with Gasteiger partial charge in [-0.25, -0.2) is 0 Å². The minimum atomic E-state index is -0.158. The summed E-state index contributed by atoms with van der Waals surface area (Å²) in [7, 11) is 0. The highest BCUT2D eigenvalue weighted by Gasteiger charge is 2.22. The lowest BCUT2D eigenvalue weighted by Gasteiger charge is -2.32. The molecule has 0 aliphatic carbocycles. The first-order chi connectivity index (χ1) is 11.8. The van der Waals surface area contributed by atoms with E-state index in [0.29, 0.717) is 12.5 Å². The Balaban J connectivity index is 0.00000338. The molecular formula is C19H38IN5O. The highest BCUT2D eigenvalue weighted by Crippen LogP contribution is 2.18. The first-order valence-corrected chi connectivity index (χ1v) is 9.92. The largest absolute Gasteiger partial charge is 0.370 e. The number of hydrogen-bond acceptors (Lipinski definition) is 3. The van der Waals surface area contributed by atoms with E-state index in [9.17, 15) is 4.79 Å². The molecule has 0 aromatic heterocycles. The summed E-state index contributed by atoms with van der Waals surface area (Å²) in [5, 5.41) is 3.03. The minimum absolute atomic E-state index is 0. The number of rotatable bonds is 4. The Morgan fingerprint density at radius 3 is 2.19 bits per heavy atom. The molecule has 2 saturated heterocycles. The van der Waals surface area contributed by atoms with E-state index in [-0.39, 0.29) is 35.4 Å². The number of hydrogen-bond donors (Lipinski definition) is 2. The van der Waals surface area contributed by atoms with Gasteiger partial charge in [0.25, 0.3) is 0 Å². The lowest BCUT2D eigenvalue weighted by Crippen LogP contribution is -2.47. The van der Waals surface area contributed by atoms with Crippen molar-refractivity contribution in [3.8, 4) is 0 Å². The lowest BCUT2D eigenvalue weighted by atomic mass is 9.97. The first-order valence-electron chi connectivity index (χ1n) is 9.92. The van der Waals surface area contributed by atoms with E-state index >= 15 is 0 Å². The molecule has 0 saturated carbocycles. The quantitative estimate of drug-likeness (QED) is 0.369. The van der Waals surface area contributed by atoms with E-state index in [0.717, 1.165) is 51.5 Å². The summed E-state index contributed by atoms with van der Waals surface area (Å²) in [6.45, 7) is 11.4. The van der Waals surface area contributed by atoms with Crippen molar-refractivity contribution in [2.24, 2.45) is 16.6 Å². The molecule has 0 bridgehead atoms. The summed E-state index contributed by atoms with van der Waals surface area (Å²) in [5.74, 6) is 1.44. The molecule has 0 radical (unpaired) electrons. The van der Waals surface area contributed by atoms with Crippen LogP contribution in [0.4, 0.5) is 0 Å². The van der Waals surface area contributed by atoms with Gasteiger partial charge < -0.3 is 16.0 Å². The van der Waals surface area contributed by atoms with Crippen LogP contribution in [0.3, 0.4) is 0 Å². The standard InChI is InChI=1S/C19H37N5O.HI/c1-19(2,3)22-17(25)15-23-12-8-16(9-13-23)14-21-18(20)24-10-6-4-5-7-11-24;/h16H,4-15H2,1-3H3,(H2,20,21)(H,22,25);1H. The summed E-state index contributed by atoms with van der Waals surface area (Å²) in [6, 6.07) is 0. The third-order valence-electron chi connectivity index (χ3n) is 5.03. The van der Waals surface area contributed by atoms with Gasteiger partial charge in [0.2, 0.25) is 5.91 Å². The molecule has 3 N–H and O–H groups in total. The molecule has 0 aromatic carbocycles. The van der Waals surface area contributed by atoms with Crippen molar-refractivity contribution in [1.82, 2.24) is 15.1 Å². The zero-order valence-corrected chi connectivity index (χ0v) is 19.1. The molecule has 0 aromatic rings. The number of nitrogens with zero attached hydrogens (tertiary/aromatic N) is 3. The van der Waals surface area contributed by atoms with E-state index in [1.165, 1.54) is 25.7 Å². The molecule has 0 unspecified atom stereocenters. The number of piperidine rings is 1. The van der Waals surface area contributed by atoms with Crippen LogP contribution in [-0.4, -0.2) is 66.5 Å². The second kappa shape index (κ2) is 11.3. The van der Waals surface area contributed by atoms with E-state index in [4.69, 9.17) is 5.73 Å². The number of aliphatic imine (C=N–C) groups is 1. The van der Waals surface area contributed by atoms with Crippen LogP contribution in [0.5, 0.6) is 0 Å². The van der Waals surface area contributed by atoms with Crippen molar-refractivity contribution in [1.29, 1.82) is 0 Å². The first kappa shape index (κ1) is 23.5. The number of carbonyl (C=O) groups excluding carboxylic acids is 1. The molecule has 7 heteroatoms. The second-order valence-electron chi connectivity index (χ2n) is 8.62. The Bertz CT molecular complexity index is 447. The maximum Gasteiger partial charge on any atom is 0.234 e. The van der Waals surface area contributed by atoms with E-state index < -0.39 is 0 Å². The topological polar surface area (TPSA) is 74.0 Å². The van der Waals surface area contributed by atoms with Crippen LogP contribution in [0.2, 0.25) is 0 Å². The summed E-state index contributed by atoms with van der Waals surface area (Å²) >= 11 is 0. The average Bonchev–Trinajstić information content (AvgIpc) is 2.81. The molecule has 0 spiro atoms. The van der Waals surface area contributed by atoms with Gasteiger partial charge in [-0.05, 0) is 65.5 Å². The SMILES string of the molecule is CC(C)(C)NC(=O)CN1CCC(CN=C(N)N2CCCCCC2)CC1.I.